The van der Waals surface area contributed by atoms with Gasteiger partial charge in [-0.25, -0.2) is 13.4 Å². The topological polar surface area (TPSA) is 93.2 Å². The predicted molar refractivity (Wildman–Crippen MR) is 89.0 cm³/mol. The SMILES string of the molecule is COc1ccc(Nc2nccc(NC3CCS(=O)(=O)C3)n2)cc1. The molecule has 1 unspecified atom stereocenters. The number of methoxy groups -OCH3 is 1. The van der Waals surface area contributed by atoms with Crippen LogP contribution in [0.5, 0.6) is 5.75 Å². The van der Waals surface area contributed by atoms with Crippen molar-refractivity contribution < 1.29 is 13.2 Å². The van der Waals surface area contributed by atoms with E-state index in [9.17, 15) is 8.42 Å². The smallest absolute Gasteiger partial charge is 0.229 e. The van der Waals surface area contributed by atoms with Crippen molar-refractivity contribution >= 4 is 27.3 Å². The lowest BCUT2D eigenvalue weighted by molar-refractivity contribution is 0.415. The first-order valence-electron chi connectivity index (χ1n) is 7.25. The standard InChI is InChI=1S/C15H18N4O3S/c1-22-13-4-2-11(3-5-13)18-15-16-8-6-14(19-15)17-12-7-9-23(20,21)10-12/h2-6,8,12H,7,9-10H2,1H3,(H2,16,17,18,19). The Labute approximate surface area is 135 Å². The van der Waals surface area contributed by atoms with Gasteiger partial charge in [-0.05, 0) is 36.8 Å². The number of nitrogens with one attached hydrogen (secondary N) is 2. The Balaban J connectivity index is 1.67. The van der Waals surface area contributed by atoms with E-state index in [0.717, 1.165) is 11.4 Å². The molecular weight excluding hydrogens is 316 g/mol. The lowest BCUT2D eigenvalue weighted by Gasteiger charge is -2.12. The summed E-state index contributed by atoms with van der Waals surface area (Å²) >= 11 is 0. The van der Waals surface area contributed by atoms with Crippen molar-refractivity contribution in [3.05, 3.63) is 36.5 Å². The first-order chi connectivity index (χ1) is 11.0. The molecule has 1 aromatic heterocycles. The molecule has 1 aliphatic rings. The van der Waals surface area contributed by atoms with Gasteiger partial charge in [-0.15, -0.1) is 0 Å². The molecule has 1 fully saturated rings. The molecule has 1 saturated heterocycles. The van der Waals surface area contributed by atoms with Gasteiger partial charge in [-0.3, -0.25) is 0 Å². The fourth-order valence-corrected chi connectivity index (χ4v) is 4.09. The summed E-state index contributed by atoms with van der Waals surface area (Å²) in [6, 6.07) is 9.05. The van der Waals surface area contributed by atoms with Gasteiger partial charge in [0.1, 0.15) is 11.6 Å². The van der Waals surface area contributed by atoms with Crippen LogP contribution in [-0.4, -0.2) is 43.0 Å². The molecule has 0 amide bonds. The Kier molecular flexibility index (Phi) is 4.33. The van der Waals surface area contributed by atoms with Crippen molar-refractivity contribution in [3.8, 4) is 5.75 Å². The number of hydrogen-bond acceptors (Lipinski definition) is 7. The second-order valence-corrected chi connectivity index (χ2v) is 7.59. The first-order valence-corrected chi connectivity index (χ1v) is 9.07. The first kappa shape index (κ1) is 15.5. The highest BCUT2D eigenvalue weighted by atomic mass is 32.2. The van der Waals surface area contributed by atoms with Crippen LogP contribution in [0.3, 0.4) is 0 Å². The van der Waals surface area contributed by atoms with Gasteiger partial charge in [0.15, 0.2) is 9.84 Å². The van der Waals surface area contributed by atoms with E-state index in [2.05, 4.69) is 20.6 Å². The van der Waals surface area contributed by atoms with E-state index >= 15 is 0 Å². The van der Waals surface area contributed by atoms with E-state index in [0.29, 0.717) is 18.2 Å². The molecule has 7 nitrogen and oxygen atoms in total. The minimum Gasteiger partial charge on any atom is -0.497 e. The lowest BCUT2D eigenvalue weighted by Crippen LogP contribution is -2.21. The Morgan fingerprint density at radius 2 is 2.00 bits per heavy atom. The van der Waals surface area contributed by atoms with Crippen LogP contribution < -0.4 is 15.4 Å². The normalized spacial score (nSPS) is 19.3. The van der Waals surface area contributed by atoms with Gasteiger partial charge in [0, 0.05) is 17.9 Å². The molecule has 23 heavy (non-hydrogen) atoms. The number of anilines is 3. The summed E-state index contributed by atoms with van der Waals surface area (Å²) in [7, 11) is -1.30. The monoisotopic (exact) mass is 334 g/mol. The lowest BCUT2D eigenvalue weighted by atomic mass is 10.2. The van der Waals surface area contributed by atoms with Gasteiger partial charge in [0.25, 0.3) is 0 Å². The molecule has 1 aliphatic heterocycles. The molecule has 0 saturated carbocycles. The van der Waals surface area contributed by atoms with E-state index in [1.165, 1.54) is 0 Å². The summed E-state index contributed by atoms with van der Waals surface area (Å²) < 4.78 is 28.1. The van der Waals surface area contributed by atoms with Gasteiger partial charge in [0.2, 0.25) is 5.95 Å². The zero-order chi connectivity index (χ0) is 16.3. The number of benzene rings is 1. The summed E-state index contributed by atoms with van der Waals surface area (Å²) in [6.45, 7) is 0. The van der Waals surface area contributed by atoms with Crippen molar-refractivity contribution in [2.75, 3.05) is 29.2 Å². The van der Waals surface area contributed by atoms with Crippen molar-refractivity contribution in [3.63, 3.8) is 0 Å². The summed E-state index contributed by atoms with van der Waals surface area (Å²) in [4.78, 5) is 8.53. The van der Waals surface area contributed by atoms with E-state index in [1.54, 1.807) is 19.4 Å². The summed E-state index contributed by atoms with van der Waals surface area (Å²) in [5, 5.41) is 6.25. The molecule has 1 atom stereocenters. The number of ether oxygens (including phenoxy) is 1. The Morgan fingerprint density at radius 3 is 2.65 bits per heavy atom. The van der Waals surface area contributed by atoms with Crippen molar-refractivity contribution in [1.82, 2.24) is 9.97 Å². The van der Waals surface area contributed by atoms with Crippen LogP contribution in [0.2, 0.25) is 0 Å². The second kappa shape index (κ2) is 6.41. The highest BCUT2D eigenvalue weighted by Gasteiger charge is 2.27. The highest BCUT2D eigenvalue weighted by Crippen LogP contribution is 2.20. The Hall–Kier alpha value is -2.35. The van der Waals surface area contributed by atoms with Crippen molar-refractivity contribution in [1.29, 1.82) is 0 Å². The molecule has 2 heterocycles. The molecule has 0 spiro atoms. The summed E-state index contributed by atoms with van der Waals surface area (Å²) in [6.07, 6.45) is 2.23. The number of rotatable bonds is 5. The maximum Gasteiger partial charge on any atom is 0.229 e. The number of hydrogen-bond donors (Lipinski definition) is 2. The van der Waals surface area contributed by atoms with Gasteiger partial charge in [-0.2, -0.15) is 4.98 Å². The van der Waals surface area contributed by atoms with E-state index in [-0.39, 0.29) is 17.5 Å². The molecule has 8 heteroatoms. The van der Waals surface area contributed by atoms with Gasteiger partial charge in [0.05, 0.1) is 18.6 Å². The van der Waals surface area contributed by atoms with E-state index in [1.807, 2.05) is 24.3 Å². The van der Waals surface area contributed by atoms with Crippen LogP contribution in [-0.2, 0) is 9.84 Å². The quantitative estimate of drug-likeness (QED) is 0.861. The fourth-order valence-electron chi connectivity index (χ4n) is 2.42. The third kappa shape index (κ3) is 4.10. The Morgan fingerprint density at radius 1 is 1.22 bits per heavy atom. The third-order valence-electron chi connectivity index (χ3n) is 3.59. The van der Waals surface area contributed by atoms with Crippen molar-refractivity contribution in [2.45, 2.75) is 12.5 Å². The fraction of sp³-hybridized carbons (Fsp3) is 0.333. The van der Waals surface area contributed by atoms with Crippen LogP contribution in [0.4, 0.5) is 17.5 Å². The molecule has 2 N–H and O–H groups in total. The average Bonchev–Trinajstić information content (AvgIpc) is 2.87. The van der Waals surface area contributed by atoms with Crippen LogP contribution >= 0.6 is 0 Å². The summed E-state index contributed by atoms with van der Waals surface area (Å²) in [5.41, 5.74) is 0.839. The zero-order valence-electron chi connectivity index (χ0n) is 12.7. The van der Waals surface area contributed by atoms with Gasteiger partial charge < -0.3 is 15.4 Å². The molecule has 122 valence electrons. The molecule has 0 bridgehead atoms. The predicted octanol–water partition coefficient (Wildman–Crippen LogP) is 1.83. The molecule has 3 rings (SSSR count). The van der Waals surface area contributed by atoms with Crippen LogP contribution in [0.25, 0.3) is 0 Å². The van der Waals surface area contributed by atoms with Gasteiger partial charge in [-0.1, -0.05) is 0 Å². The van der Waals surface area contributed by atoms with Crippen LogP contribution in [0, 0.1) is 0 Å². The maximum absolute atomic E-state index is 11.5. The third-order valence-corrected chi connectivity index (χ3v) is 5.35. The van der Waals surface area contributed by atoms with E-state index in [4.69, 9.17) is 4.74 Å². The number of aromatic nitrogens is 2. The molecule has 1 aromatic carbocycles. The highest BCUT2D eigenvalue weighted by molar-refractivity contribution is 7.91. The molecule has 2 aromatic rings. The Bertz CT molecular complexity index is 778. The number of nitrogens with zero attached hydrogens (tertiary/aromatic N) is 2. The summed E-state index contributed by atoms with van der Waals surface area (Å²) in [5.74, 6) is 2.21. The second-order valence-electron chi connectivity index (χ2n) is 5.36. The zero-order valence-corrected chi connectivity index (χ0v) is 13.5. The molecular formula is C15H18N4O3S. The van der Waals surface area contributed by atoms with Gasteiger partial charge >= 0.3 is 0 Å². The largest absolute Gasteiger partial charge is 0.497 e. The molecule has 0 aliphatic carbocycles. The number of sulfone groups is 1. The minimum absolute atomic E-state index is 0.0938. The van der Waals surface area contributed by atoms with Crippen LogP contribution in [0.1, 0.15) is 6.42 Å². The van der Waals surface area contributed by atoms with E-state index < -0.39 is 9.84 Å². The molecule has 0 radical (unpaired) electrons. The van der Waals surface area contributed by atoms with Crippen LogP contribution in [0.15, 0.2) is 36.5 Å². The van der Waals surface area contributed by atoms with Crippen molar-refractivity contribution in [2.24, 2.45) is 0 Å². The minimum atomic E-state index is -2.91. The average molecular weight is 334 g/mol. The maximum atomic E-state index is 11.5.